The minimum Gasteiger partial charge on any atom is -0.120 e. The molecule has 1 aliphatic carbocycles. The molecule has 0 nitrogen and oxygen atoms in total. The lowest BCUT2D eigenvalue weighted by molar-refractivity contribution is 0.362. The van der Waals surface area contributed by atoms with Gasteiger partial charge in [0.25, 0.3) is 0 Å². The molecule has 1 fully saturated rings. The summed E-state index contributed by atoms with van der Waals surface area (Å²) in [5.74, 6) is 3.07. The largest absolute Gasteiger partial charge is 0.120 e. The van der Waals surface area contributed by atoms with Crippen molar-refractivity contribution in [2.24, 2.45) is 5.41 Å². The molecule has 0 aromatic rings. The monoisotopic (exact) mass is 192 g/mol. The molecular weight excluding hydrogens is 168 g/mol. The van der Waals surface area contributed by atoms with Gasteiger partial charge < -0.3 is 0 Å². The van der Waals surface area contributed by atoms with Crippen LogP contribution < -0.4 is 0 Å². The number of rotatable bonds is 6. The maximum absolute atomic E-state index is 5.66. The molecule has 1 aliphatic rings. The second-order valence-electron chi connectivity index (χ2n) is 4.80. The van der Waals surface area contributed by atoms with E-state index in [2.05, 4.69) is 12.8 Å². The lowest BCUT2D eigenvalue weighted by atomic mass is 9.82. The Bertz CT molecular complexity index is 179. The molecule has 0 aromatic carbocycles. The fraction of sp³-hybridized carbons (Fsp3) is 0.857. The van der Waals surface area contributed by atoms with E-state index in [9.17, 15) is 0 Å². The third-order valence-corrected chi connectivity index (χ3v) is 3.63. The summed E-state index contributed by atoms with van der Waals surface area (Å²) >= 11 is 0. The molecule has 0 aromatic heterocycles. The van der Waals surface area contributed by atoms with Crippen LogP contribution in [0.15, 0.2) is 0 Å². The molecule has 0 atom stereocenters. The Morgan fingerprint density at radius 3 is 2.29 bits per heavy atom. The Hall–Kier alpha value is -0.440. The van der Waals surface area contributed by atoms with Crippen LogP contribution in [0.5, 0.6) is 0 Å². The Labute approximate surface area is 89.5 Å². The van der Waals surface area contributed by atoms with E-state index in [-0.39, 0.29) is 0 Å². The predicted octanol–water partition coefficient (Wildman–Crippen LogP) is 4.54. The van der Waals surface area contributed by atoms with Gasteiger partial charge in [-0.2, -0.15) is 0 Å². The van der Waals surface area contributed by atoms with Crippen LogP contribution >= 0.6 is 0 Å². The lowest BCUT2D eigenvalue weighted by Crippen LogP contribution is -2.12. The normalized spacial score (nSPS) is 19.4. The molecule has 0 bridgehead atoms. The predicted molar refractivity (Wildman–Crippen MR) is 63.1 cm³/mol. The van der Waals surface area contributed by atoms with E-state index in [1.807, 2.05) is 0 Å². The third-order valence-electron chi connectivity index (χ3n) is 3.63. The summed E-state index contributed by atoms with van der Waals surface area (Å²) in [5.41, 5.74) is 0.312. The summed E-state index contributed by atoms with van der Waals surface area (Å²) in [6, 6.07) is 0. The molecule has 0 N–H and O–H groups in total. The van der Waals surface area contributed by atoms with Gasteiger partial charge in [-0.25, -0.2) is 0 Å². The third kappa shape index (κ3) is 3.37. The van der Waals surface area contributed by atoms with E-state index in [1.165, 1.54) is 64.2 Å². The van der Waals surface area contributed by atoms with Crippen molar-refractivity contribution >= 4 is 0 Å². The Morgan fingerprint density at radius 2 is 1.71 bits per heavy atom. The van der Waals surface area contributed by atoms with Crippen molar-refractivity contribution < 1.29 is 0 Å². The van der Waals surface area contributed by atoms with Crippen LogP contribution in [0.2, 0.25) is 0 Å². The van der Waals surface area contributed by atoms with Crippen molar-refractivity contribution in [3.05, 3.63) is 0 Å². The lowest BCUT2D eigenvalue weighted by Gasteiger charge is -2.21. The number of terminal acetylenes is 1. The maximum Gasteiger partial charge on any atom is 0.0312 e. The fourth-order valence-electron chi connectivity index (χ4n) is 2.59. The van der Waals surface area contributed by atoms with Crippen molar-refractivity contribution in [2.75, 3.05) is 0 Å². The maximum atomic E-state index is 5.66. The van der Waals surface area contributed by atoms with E-state index in [0.29, 0.717) is 5.41 Å². The van der Waals surface area contributed by atoms with E-state index < -0.39 is 0 Å². The van der Waals surface area contributed by atoms with Crippen molar-refractivity contribution in [1.29, 1.82) is 0 Å². The summed E-state index contributed by atoms with van der Waals surface area (Å²) in [6.45, 7) is 2.26. The van der Waals surface area contributed by atoms with E-state index in [4.69, 9.17) is 6.42 Å². The van der Waals surface area contributed by atoms with Crippen LogP contribution in [0.25, 0.3) is 0 Å². The van der Waals surface area contributed by atoms with Gasteiger partial charge in [-0.3, -0.25) is 0 Å². The summed E-state index contributed by atoms with van der Waals surface area (Å²) in [4.78, 5) is 0. The first kappa shape index (κ1) is 11.6. The van der Waals surface area contributed by atoms with E-state index in [1.54, 1.807) is 0 Å². The average molecular weight is 192 g/mol. The van der Waals surface area contributed by atoms with Crippen LogP contribution in [0.3, 0.4) is 0 Å². The summed E-state index contributed by atoms with van der Waals surface area (Å²) in [5, 5.41) is 0. The Kier molecular flexibility index (Phi) is 5.09. The second-order valence-corrected chi connectivity index (χ2v) is 4.80. The van der Waals surface area contributed by atoms with E-state index in [0.717, 1.165) is 0 Å². The first-order chi connectivity index (χ1) is 6.83. The molecule has 0 aliphatic heterocycles. The van der Waals surface area contributed by atoms with Gasteiger partial charge in [-0.15, -0.1) is 6.42 Å². The minimum absolute atomic E-state index is 0.312. The molecular formula is C14H24. The van der Waals surface area contributed by atoms with Crippen molar-refractivity contribution in [3.63, 3.8) is 0 Å². The van der Waals surface area contributed by atoms with Crippen LogP contribution in [0.4, 0.5) is 0 Å². The van der Waals surface area contributed by atoms with Gasteiger partial charge >= 0.3 is 0 Å². The molecule has 0 spiro atoms. The highest BCUT2D eigenvalue weighted by Gasteiger charge is 2.30. The number of unbranched alkanes of at least 4 members (excludes halogenated alkanes) is 4. The first-order valence-corrected chi connectivity index (χ1v) is 6.31. The smallest absolute Gasteiger partial charge is 0.0312 e. The van der Waals surface area contributed by atoms with Crippen molar-refractivity contribution in [2.45, 2.75) is 71.1 Å². The van der Waals surface area contributed by atoms with Crippen LogP contribution in [0, 0.1) is 17.8 Å². The quantitative estimate of drug-likeness (QED) is 0.428. The van der Waals surface area contributed by atoms with Crippen LogP contribution in [-0.2, 0) is 0 Å². The molecule has 1 rings (SSSR count). The molecule has 0 heterocycles. The van der Waals surface area contributed by atoms with Gasteiger partial charge in [0.2, 0.25) is 0 Å². The molecule has 0 amide bonds. The van der Waals surface area contributed by atoms with Crippen LogP contribution in [-0.4, -0.2) is 0 Å². The zero-order valence-corrected chi connectivity index (χ0v) is 9.65. The molecule has 0 radical (unpaired) electrons. The van der Waals surface area contributed by atoms with Gasteiger partial charge in [0.05, 0.1) is 0 Å². The van der Waals surface area contributed by atoms with E-state index >= 15 is 0 Å². The second kappa shape index (κ2) is 6.12. The van der Waals surface area contributed by atoms with Gasteiger partial charge in [0.1, 0.15) is 0 Å². The zero-order chi connectivity index (χ0) is 10.3. The topological polar surface area (TPSA) is 0 Å². The van der Waals surface area contributed by atoms with Crippen molar-refractivity contribution in [1.82, 2.24) is 0 Å². The standard InChI is InChI=1S/C14H24/c1-3-5-6-7-8-11-14(4-2)12-9-10-13-14/h2H,3,5-13H2,1H3. The van der Waals surface area contributed by atoms with Gasteiger partial charge in [-0.1, -0.05) is 57.8 Å². The fourth-order valence-corrected chi connectivity index (χ4v) is 2.59. The Balaban J connectivity index is 2.13. The molecule has 80 valence electrons. The van der Waals surface area contributed by atoms with Crippen LogP contribution in [0.1, 0.15) is 71.1 Å². The SMILES string of the molecule is C#CC1(CCCCCCC)CCCC1. The molecule has 0 heteroatoms. The molecule has 0 saturated heterocycles. The van der Waals surface area contributed by atoms with Gasteiger partial charge in [0, 0.05) is 5.41 Å². The first-order valence-electron chi connectivity index (χ1n) is 6.31. The minimum atomic E-state index is 0.312. The molecule has 1 saturated carbocycles. The van der Waals surface area contributed by atoms with Gasteiger partial charge in [-0.05, 0) is 19.3 Å². The zero-order valence-electron chi connectivity index (χ0n) is 9.65. The molecule has 14 heavy (non-hydrogen) atoms. The molecule has 0 unspecified atom stereocenters. The number of hydrogen-bond donors (Lipinski definition) is 0. The summed E-state index contributed by atoms with van der Waals surface area (Å²) < 4.78 is 0. The number of hydrogen-bond acceptors (Lipinski definition) is 0. The van der Waals surface area contributed by atoms with Crippen molar-refractivity contribution in [3.8, 4) is 12.3 Å². The summed E-state index contributed by atoms with van der Waals surface area (Å²) in [7, 11) is 0. The highest BCUT2D eigenvalue weighted by Crippen LogP contribution is 2.41. The highest BCUT2D eigenvalue weighted by molar-refractivity contribution is 5.07. The highest BCUT2D eigenvalue weighted by atomic mass is 14.3. The average Bonchev–Trinajstić information content (AvgIpc) is 2.67. The Morgan fingerprint density at radius 1 is 1.07 bits per heavy atom. The van der Waals surface area contributed by atoms with Gasteiger partial charge in [0.15, 0.2) is 0 Å². The summed E-state index contributed by atoms with van der Waals surface area (Å²) in [6.07, 6.45) is 19.1.